The van der Waals surface area contributed by atoms with Crippen molar-refractivity contribution >= 4 is 55.1 Å². The van der Waals surface area contributed by atoms with Gasteiger partial charge in [0.05, 0.1) is 10.2 Å². The second-order valence-electron chi connectivity index (χ2n) is 4.16. The Hall–Kier alpha value is -0.910. The third-order valence-corrected chi connectivity index (χ3v) is 4.38. The van der Waals surface area contributed by atoms with E-state index in [0.29, 0.717) is 19.7 Å². The van der Waals surface area contributed by atoms with Gasteiger partial charge >= 0.3 is 0 Å². The number of hydrogen-bond donors (Lipinski definition) is 1. The molecule has 0 aliphatic heterocycles. The Kier molecular flexibility index (Phi) is 4.83. The molecule has 2 rings (SSSR count). The maximum atomic E-state index is 13.4. The lowest BCUT2D eigenvalue weighted by molar-refractivity contribution is 0.102. The molecule has 6 heteroatoms. The number of halogens is 4. The maximum Gasteiger partial charge on any atom is 0.255 e. The lowest BCUT2D eigenvalue weighted by Gasteiger charge is -2.10. The van der Waals surface area contributed by atoms with Gasteiger partial charge in [0.1, 0.15) is 5.82 Å². The molecule has 0 aliphatic rings. The van der Waals surface area contributed by atoms with Gasteiger partial charge in [-0.25, -0.2) is 4.39 Å². The van der Waals surface area contributed by atoms with E-state index < -0.39 is 11.7 Å². The predicted octanol–water partition coefficient (Wildman–Crippen LogP) is 5.56. The summed E-state index contributed by atoms with van der Waals surface area (Å²) in [6.07, 6.45) is 0. The Morgan fingerprint density at radius 1 is 1.20 bits per heavy atom. The summed E-state index contributed by atoms with van der Waals surface area (Å²) in [5.41, 5.74) is 1.66. The van der Waals surface area contributed by atoms with Crippen LogP contribution in [0.15, 0.2) is 39.3 Å². The first-order valence-electron chi connectivity index (χ1n) is 5.60. The minimum absolute atomic E-state index is 0.231. The highest BCUT2D eigenvalue weighted by atomic mass is 79.9. The monoisotopic (exact) mass is 419 g/mol. The standard InChI is InChI=1S/C14H9Br2ClFNO/c1-7-4-10(16)13(6-11(7)17)19-14(20)8-2-3-9(15)12(18)5-8/h2-6H,1H3,(H,19,20). The zero-order valence-corrected chi connectivity index (χ0v) is 14.2. The average molecular weight is 421 g/mol. The van der Waals surface area contributed by atoms with Gasteiger partial charge in [0.25, 0.3) is 5.91 Å². The third-order valence-electron chi connectivity index (χ3n) is 2.68. The van der Waals surface area contributed by atoms with Crippen LogP contribution in [0, 0.1) is 12.7 Å². The average Bonchev–Trinajstić information content (AvgIpc) is 2.39. The number of carbonyl (C=O) groups excluding carboxylic acids is 1. The fourth-order valence-electron chi connectivity index (χ4n) is 1.57. The Balaban J connectivity index is 2.27. The van der Waals surface area contributed by atoms with Gasteiger partial charge < -0.3 is 5.32 Å². The summed E-state index contributed by atoms with van der Waals surface area (Å²) in [7, 11) is 0. The van der Waals surface area contributed by atoms with E-state index in [-0.39, 0.29) is 5.56 Å². The van der Waals surface area contributed by atoms with Gasteiger partial charge in [-0.2, -0.15) is 0 Å². The van der Waals surface area contributed by atoms with Crippen LogP contribution in [0.4, 0.5) is 10.1 Å². The Labute approximate surface area is 137 Å². The van der Waals surface area contributed by atoms with Crippen LogP contribution in [-0.2, 0) is 0 Å². The van der Waals surface area contributed by atoms with Crippen LogP contribution in [0.5, 0.6) is 0 Å². The molecule has 0 spiro atoms. The molecule has 2 aromatic rings. The highest BCUT2D eigenvalue weighted by Gasteiger charge is 2.12. The van der Waals surface area contributed by atoms with Gasteiger partial charge in [-0.3, -0.25) is 4.79 Å². The molecule has 0 radical (unpaired) electrons. The van der Waals surface area contributed by atoms with Crippen LogP contribution < -0.4 is 5.32 Å². The molecule has 20 heavy (non-hydrogen) atoms. The van der Waals surface area contributed by atoms with E-state index in [1.165, 1.54) is 18.2 Å². The van der Waals surface area contributed by atoms with Crippen molar-refractivity contribution in [3.05, 3.63) is 61.2 Å². The van der Waals surface area contributed by atoms with E-state index in [9.17, 15) is 9.18 Å². The van der Waals surface area contributed by atoms with Crippen molar-refractivity contribution in [2.45, 2.75) is 6.92 Å². The van der Waals surface area contributed by atoms with E-state index in [1.54, 1.807) is 12.1 Å². The molecule has 0 bridgehead atoms. The van der Waals surface area contributed by atoms with Crippen LogP contribution in [0.1, 0.15) is 15.9 Å². The second-order valence-corrected chi connectivity index (χ2v) is 6.28. The number of amides is 1. The molecule has 2 aromatic carbocycles. The van der Waals surface area contributed by atoms with Gasteiger partial charge in [0.15, 0.2) is 0 Å². The van der Waals surface area contributed by atoms with Crippen molar-refractivity contribution < 1.29 is 9.18 Å². The van der Waals surface area contributed by atoms with Crippen molar-refractivity contribution in [1.82, 2.24) is 0 Å². The molecule has 104 valence electrons. The number of nitrogens with one attached hydrogen (secondary N) is 1. The SMILES string of the molecule is Cc1cc(Br)c(NC(=O)c2ccc(Br)c(F)c2)cc1Cl. The van der Waals surface area contributed by atoms with Crippen molar-refractivity contribution in [1.29, 1.82) is 0 Å². The Morgan fingerprint density at radius 2 is 1.90 bits per heavy atom. The summed E-state index contributed by atoms with van der Waals surface area (Å²) < 4.78 is 14.4. The van der Waals surface area contributed by atoms with Crippen LogP contribution in [0.25, 0.3) is 0 Å². The highest BCUT2D eigenvalue weighted by Crippen LogP contribution is 2.29. The fraction of sp³-hybridized carbons (Fsp3) is 0.0714. The van der Waals surface area contributed by atoms with Gasteiger partial charge in [-0.1, -0.05) is 11.6 Å². The minimum Gasteiger partial charge on any atom is -0.321 e. The lowest BCUT2D eigenvalue weighted by atomic mass is 10.2. The Bertz CT molecular complexity index is 691. The number of carbonyl (C=O) groups is 1. The van der Waals surface area contributed by atoms with Crippen LogP contribution >= 0.6 is 43.5 Å². The summed E-state index contributed by atoms with van der Waals surface area (Å²) in [6.45, 7) is 1.86. The van der Waals surface area contributed by atoms with Crippen molar-refractivity contribution in [2.75, 3.05) is 5.32 Å². The first-order valence-corrected chi connectivity index (χ1v) is 7.57. The Morgan fingerprint density at radius 3 is 2.55 bits per heavy atom. The highest BCUT2D eigenvalue weighted by molar-refractivity contribution is 9.10. The van der Waals surface area contributed by atoms with Gasteiger partial charge in [0.2, 0.25) is 0 Å². The fourth-order valence-corrected chi connectivity index (χ4v) is 2.54. The first kappa shape index (κ1) is 15.5. The summed E-state index contributed by atoms with van der Waals surface area (Å²) in [5, 5.41) is 3.24. The third kappa shape index (κ3) is 3.40. The topological polar surface area (TPSA) is 29.1 Å². The molecule has 0 aliphatic carbocycles. The largest absolute Gasteiger partial charge is 0.321 e. The second kappa shape index (κ2) is 6.24. The molecule has 0 aromatic heterocycles. The predicted molar refractivity (Wildman–Crippen MR) is 85.9 cm³/mol. The zero-order chi connectivity index (χ0) is 14.9. The first-order chi connectivity index (χ1) is 9.38. The molecule has 0 unspecified atom stereocenters. The van der Waals surface area contributed by atoms with Crippen molar-refractivity contribution in [3.8, 4) is 0 Å². The van der Waals surface area contributed by atoms with Gasteiger partial charge in [0, 0.05) is 15.1 Å². The van der Waals surface area contributed by atoms with Crippen LogP contribution in [-0.4, -0.2) is 5.91 Å². The van der Waals surface area contributed by atoms with Gasteiger partial charge in [-0.05, 0) is 74.7 Å². The summed E-state index contributed by atoms with van der Waals surface area (Å²) in [5.74, 6) is -0.893. The molecule has 0 saturated carbocycles. The molecule has 1 N–H and O–H groups in total. The van der Waals surface area contributed by atoms with Crippen molar-refractivity contribution in [2.24, 2.45) is 0 Å². The number of hydrogen-bond acceptors (Lipinski definition) is 1. The lowest BCUT2D eigenvalue weighted by Crippen LogP contribution is -2.12. The van der Waals surface area contributed by atoms with E-state index in [1.807, 2.05) is 6.92 Å². The minimum atomic E-state index is -0.487. The maximum absolute atomic E-state index is 13.4. The summed E-state index contributed by atoms with van der Waals surface area (Å²) >= 11 is 12.4. The van der Waals surface area contributed by atoms with Crippen LogP contribution in [0.2, 0.25) is 5.02 Å². The van der Waals surface area contributed by atoms with E-state index in [2.05, 4.69) is 37.2 Å². The zero-order valence-electron chi connectivity index (χ0n) is 10.3. The molecular weight excluding hydrogens is 412 g/mol. The van der Waals surface area contributed by atoms with Gasteiger partial charge in [-0.15, -0.1) is 0 Å². The summed E-state index contributed by atoms with van der Waals surface area (Å²) in [6, 6.07) is 7.64. The van der Waals surface area contributed by atoms with Crippen LogP contribution in [0.3, 0.4) is 0 Å². The molecule has 2 nitrogen and oxygen atoms in total. The van der Waals surface area contributed by atoms with E-state index >= 15 is 0 Å². The van der Waals surface area contributed by atoms with E-state index in [4.69, 9.17) is 11.6 Å². The molecule has 1 amide bonds. The molecule has 0 saturated heterocycles. The molecular formula is C14H9Br2ClFNO. The number of aryl methyl sites for hydroxylation is 1. The van der Waals surface area contributed by atoms with E-state index in [0.717, 1.165) is 5.56 Å². The number of rotatable bonds is 2. The number of anilines is 1. The smallest absolute Gasteiger partial charge is 0.255 e. The number of benzene rings is 2. The quantitative estimate of drug-likeness (QED) is 0.675. The summed E-state index contributed by atoms with van der Waals surface area (Å²) in [4.78, 5) is 12.1. The molecule has 0 heterocycles. The molecule has 0 fully saturated rings. The normalized spacial score (nSPS) is 10.4. The van der Waals surface area contributed by atoms with Crippen molar-refractivity contribution in [3.63, 3.8) is 0 Å². The molecule has 0 atom stereocenters.